The van der Waals surface area contributed by atoms with Crippen LogP contribution in [0.4, 0.5) is 0 Å². The van der Waals surface area contributed by atoms with Crippen molar-refractivity contribution in [3.05, 3.63) is 77.5 Å². The number of benzene rings is 3. The average Bonchev–Trinajstić information content (AvgIpc) is 2.52. The molecule has 1 heterocycles. The maximum absolute atomic E-state index is 3.46. The zero-order valence-corrected chi connectivity index (χ0v) is 13.8. The number of pyridine rings is 1. The minimum atomic E-state index is 1.19. The average molecular weight is 298 g/mol. The fraction of sp³-hybridized carbons (Fsp3) is 0.136. The number of nitrogens with one attached hydrogen (secondary N) is 1. The largest absolute Gasteiger partial charge is 0.218 e. The third-order valence-electron chi connectivity index (χ3n) is 4.47. The minimum Gasteiger partial charge on any atom is -0.211 e. The van der Waals surface area contributed by atoms with Crippen molar-refractivity contribution in [2.45, 2.75) is 20.8 Å². The molecular formula is C22H20N+. The first-order valence-corrected chi connectivity index (χ1v) is 8.04. The Morgan fingerprint density at radius 1 is 0.609 bits per heavy atom. The number of rotatable bonds is 1. The van der Waals surface area contributed by atoms with Gasteiger partial charge in [0.2, 0.25) is 5.69 Å². The lowest BCUT2D eigenvalue weighted by atomic mass is 9.96. The molecule has 1 aromatic heterocycles. The van der Waals surface area contributed by atoms with E-state index in [9.17, 15) is 0 Å². The highest BCUT2D eigenvalue weighted by atomic mass is 14.7. The van der Waals surface area contributed by atoms with Crippen LogP contribution < -0.4 is 4.98 Å². The molecule has 0 saturated heterocycles. The number of hydrogen-bond acceptors (Lipinski definition) is 0. The second kappa shape index (κ2) is 5.20. The summed E-state index contributed by atoms with van der Waals surface area (Å²) in [6, 6.07) is 20.0. The Labute approximate surface area is 136 Å². The smallest absolute Gasteiger partial charge is 0.211 e. The molecule has 0 aliphatic carbocycles. The zero-order chi connectivity index (χ0) is 16.0. The van der Waals surface area contributed by atoms with E-state index in [1.165, 1.54) is 49.5 Å². The maximum atomic E-state index is 3.46. The maximum Gasteiger partial charge on any atom is 0.218 e. The molecule has 0 atom stereocenters. The van der Waals surface area contributed by atoms with Gasteiger partial charge in [-0.2, -0.15) is 0 Å². The van der Waals surface area contributed by atoms with Crippen LogP contribution >= 0.6 is 0 Å². The Hall–Kier alpha value is -2.67. The molecule has 0 saturated carbocycles. The van der Waals surface area contributed by atoms with Crippen LogP contribution in [0, 0.1) is 20.8 Å². The Morgan fingerprint density at radius 3 is 2.13 bits per heavy atom. The van der Waals surface area contributed by atoms with E-state index >= 15 is 0 Å². The van der Waals surface area contributed by atoms with E-state index in [0.717, 1.165) is 0 Å². The molecule has 0 bridgehead atoms. The van der Waals surface area contributed by atoms with E-state index in [-0.39, 0.29) is 0 Å². The molecule has 0 radical (unpaired) electrons. The van der Waals surface area contributed by atoms with E-state index in [1.54, 1.807) is 0 Å². The molecule has 0 fully saturated rings. The van der Waals surface area contributed by atoms with E-state index in [1.807, 2.05) is 0 Å². The van der Waals surface area contributed by atoms with Crippen molar-refractivity contribution in [3.63, 3.8) is 0 Å². The predicted octanol–water partition coefficient (Wildman–Crippen LogP) is 5.40. The summed E-state index contributed by atoms with van der Waals surface area (Å²) in [5.41, 5.74) is 6.33. The van der Waals surface area contributed by atoms with Gasteiger partial charge in [0.15, 0.2) is 6.20 Å². The summed E-state index contributed by atoms with van der Waals surface area (Å²) in [7, 11) is 0. The number of H-pyrrole nitrogens is 1. The highest BCUT2D eigenvalue weighted by Crippen LogP contribution is 2.31. The normalized spacial score (nSPS) is 11.3. The Balaban J connectivity index is 2.07. The van der Waals surface area contributed by atoms with Crippen LogP contribution in [-0.2, 0) is 0 Å². The Morgan fingerprint density at radius 2 is 1.35 bits per heavy atom. The van der Waals surface area contributed by atoms with Gasteiger partial charge in [0.05, 0.1) is 5.39 Å². The number of aryl methyl sites for hydroxylation is 3. The van der Waals surface area contributed by atoms with Gasteiger partial charge in [-0.1, -0.05) is 47.0 Å². The summed E-state index contributed by atoms with van der Waals surface area (Å²) in [5.74, 6) is 0. The molecule has 0 aliphatic heterocycles. The van der Waals surface area contributed by atoms with Crippen molar-refractivity contribution in [1.82, 2.24) is 0 Å². The summed E-state index contributed by atoms with van der Waals surface area (Å²) in [6.45, 7) is 6.45. The van der Waals surface area contributed by atoms with Crippen molar-refractivity contribution < 1.29 is 4.98 Å². The van der Waals surface area contributed by atoms with Gasteiger partial charge >= 0.3 is 0 Å². The summed E-state index contributed by atoms with van der Waals surface area (Å²) in [5, 5.41) is 5.19. The van der Waals surface area contributed by atoms with Crippen molar-refractivity contribution in [1.29, 1.82) is 0 Å². The number of hydrogen-bond donors (Lipinski definition) is 0. The number of aromatic amines is 1. The van der Waals surface area contributed by atoms with E-state index in [4.69, 9.17) is 0 Å². The number of fused-ring (bicyclic) bond motifs is 3. The molecule has 0 amide bonds. The zero-order valence-electron chi connectivity index (χ0n) is 13.8. The highest BCUT2D eigenvalue weighted by Gasteiger charge is 2.13. The molecule has 1 N–H and O–H groups in total. The fourth-order valence-electron chi connectivity index (χ4n) is 3.51. The first-order chi connectivity index (χ1) is 11.1. The van der Waals surface area contributed by atoms with Crippen molar-refractivity contribution in [3.8, 4) is 11.3 Å². The lowest BCUT2D eigenvalue weighted by molar-refractivity contribution is -0.362. The van der Waals surface area contributed by atoms with E-state index in [2.05, 4.69) is 86.5 Å². The third kappa shape index (κ3) is 2.39. The van der Waals surface area contributed by atoms with Gasteiger partial charge in [0.25, 0.3) is 0 Å². The molecule has 4 aromatic rings. The Bertz CT molecular complexity index is 1020. The van der Waals surface area contributed by atoms with Gasteiger partial charge in [-0.05, 0) is 49.7 Å². The fourth-order valence-corrected chi connectivity index (χ4v) is 3.51. The van der Waals surface area contributed by atoms with Gasteiger partial charge in [0, 0.05) is 17.0 Å². The molecular weight excluding hydrogens is 278 g/mol. The molecule has 4 rings (SSSR count). The SMILES string of the molecule is Cc1cc(C)cc(-c2[nH+]ccc3c2ccc2cc(C)ccc23)c1. The second-order valence-corrected chi connectivity index (χ2v) is 6.48. The Kier molecular flexibility index (Phi) is 3.16. The molecule has 1 nitrogen and oxygen atoms in total. The van der Waals surface area contributed by atoms with Gasteiger partial charge in [0.1, 0.15) is 0 Å². The van der Waals surface area contributed by atoms with E-state index in [0.29, 0.717) is 0 Å². The molecule has 0 unspecified atom stereocenters. The summed E-state index contributed by atoms with van der Waals surface area (Å²) < 4.78 is 0. The standard InChI is InChI=1S/C22H19N/c1-14-4-6-19-17(11-14)5-7-21-20(19)8-9-23-22(21)18-12-15(2)10-16(3)13-18/h4-13H,1-3H3/p+1. The molecule has 23 heavy (non-hydrogen) atoms. The van der Waals surface area contributed by atoms with Crippen molar-refractivity contribution >= 4 is 21.5 Å². The molecule has 3 aromatic carbocycles. The molecule has 112 valence electrons. The van der Waals surface area contributed by atoms with Gasteiger partial charge in [-0.15, -0.1) is 0 Å². The quantitative estimate of drug-likeness (QED) is 0.418. The van der Waals surface area contributed by atoms with E-state index < -0.39 is 0 Å². The summed E-state index contributed by atoms with van der Waals surface area (Å²) in [4.78, 5) is 3.46. The predicted molar refractivity (Wildman–Crippen MR) is 97.7 cm³/mol. The van der Waals surface area contributed by atoms with Crippen LogP contribution in [0.15, 0.2) is 60.8 Å². The van der Waals surface area contributed by atoms with Crippen LogP contribution in [0.25, 0.3) is 32.8 Å². The molecule has 0 aliphatic rings. The first-order valence-electron chi connectivity index (χ1n) is 8.04. The topological polar surface area (TPSA) is 14.1 Å². The third-order valence-corrected chi connectivity index (χ3v) is 4.47. The summed E-state index contributed by atoms with van der Waals surface area (Å²) in [6.07, 6.45) is 2.05. The second-order valence-electron chi connectivity index (χ2n) is 6.48. The monoisotopic (exact) mass is 298 g/mol. The highest BCUT2D eigenvalue weighted by molar-refractivity contribution is 6.10. The van der Waals surface area contributed by atoms with Gasteiger partial charge in [-0.25, -0.2) is 4.98 Å². The number of aromatic nitrogens is 1. The van der Waals surface area contributed by atoms with Crippen LogP contribution in [0.1, 0.15) is 16.7 Å². The first kappa shape index (κ1) is 14.0. The van der Waals surface area contributed by atoms with Crippen molar-refractivity contribution in [2.24, 2.45) is 0 Å². The molecule has 0 spiro atoms. The lowest BCUT2D eigenvalue weighted by Gasteiger charge is -2.07. The van der Waals surface area contributed by atoms with Crippen LogP contribution in [0.3, 0.4) is 0 Å². The van der Waals surface area contributed by atoms with Crippen molar-refractivity contribution in [2.75, 3.05) is 0 Å². The van der Waals surface area contributed by atoms with Gasteiger partial charge < -0.3 is 0 Å². The lowest BCUT2D eigenvalue weighted by Crippen LogP contribution is -2.06. The van der Waals surface area contributed by atoms with Crippen LogP contribution in [0.5, 0.6) is 0 Å². The minimum absolute atomic E-state index is 1.19. The molecule has 1 heteroatoms. The summed E-state index contributed by atoms with van der Waals surface area (Å²) >= 11 is 0. The van der Waals surface area contributed by atoms with Crippen LogP contribution in [0.2, 0.25) is 0 Å². The van der Waals surface area contributed by atoms with Gasteiger partial charge in [-0.3, -0.25) is 0 Å². The van der Waals surface area contributed by atoms with Crippen LogP contribution in [-0.4, -0.2) is 0 Å².